The first kappa shape index (κ1) is 15.3. The summed E-state index contributed by atoms with van der Waals surface area (Å²) in [6.45, 7) is 0.0386. The van der Waals surface area contributed by atoms with Gasteiger partial charge in [0.1, 0.15) is 12.3 Å². The molecule has 0 saturated carbocycles. The van der Waals surface area contributed by atoms with Gasteiger partial charge in [-0.2, -0.15) is 9.67 Å². The van der Waals surface area contributed by atoms with Gasteiger partial charge in [-0.25, -0.2) is 4.79 Å². The Labute approximate surface area is 145 Å². The first-order chi connectivity index (χ1) is 12.2. The summed E-state index contributed by atoms with van der Waals surface area (Å²) in [5.41, 5.74) is 0.780. The number of hydrogen-bond acceptors (Lipinski definition) is 8. The van der Waals surface area contributed by atoms with Crippen molar-refractivity contribution in [3.05, 3.63) is 58.2 Å². The Kier molecular flexibility index (Phi) is 3.90. The third-order valence-electron chi connectivity index (χ3n) is 3.44. The summed E-state index contributed by atoms with van der Waals surface area (Å²) in [6.07, 6.45) is 0. The standard InChI is InChI=1S/C16H12N4O4S/c1-22-11-6-4-10(5-7-11)14-17-13(24-19-14)9-20-16(21)23-15(18-20)12-3-2-8-25-12/h2-8H,9H2,1H3. The van der Waals surface area contributed by atoms with Gasteiger partial charge in [-0.05, 0) is 35.7 Å². The van der Waals surface area contributed by atoms with Crippen molar-refractivity contribution < 1.29 is 13.7 Å². The van der Waals surface area contributed by atoms with Gasteiger partial charge in [0.2, 0.25) is 11.7 Å². The second kappa shape index (κ2) is 6.36. The smallest absolute Gasteiger partial charge is 0.437 e. The SMILES string of the molecule is COc1ccc(-c2noc(Cn3nc(-c4cccs4)oc3=O)n2)cc1. The van der Waals surface area contributed by atoms with Crippen molar-refractivity contribution >= 4 is 11.3 Å². The number of rotatable bonds is 5. The molecule has 0 fully saturated rings. The van der Waals surface area contributed by atoms with Gasteiger partial charge in [0, 0.05) is 5.56 Å². The maximum Gasteiger partial charge on any atom is 0.437 e. The molecule has 0 radical (unpaired) electrons. The van der Waals surface area contributed by atoms with Crippen molar-refractivity contribution in [2.75, 3.05) is 7.11 Å². The number of nitrogens with zero attached hydrogens (tertiary/aromatic N) is 4. The Balaban J connectivity index is 1.56. The van der Waals surface area contributed by atoms with Gasteiger partial charge in [0.15, 0.2) is 0 Å². The monoisotopic (exact) mass is 356 g/mol. The number of ether oxygens (including phenoxy) is 1. The Morgan fingerprint density at radius 3 is 2.80 bits per heavy atom. The van der Waals surface area contributed by atoms with Crippen molar-refractivity contribution in [3.63, 3.8) is 0 Å². The summed E-state index contributed by atoms with van der Waals surface area (Å²) in [6, 6.07) is 10.9. The molecule has 3 heterocycles. The van der Waals surface area contributed by atoms with E-state index in [1.807, 2.05) is 29.6 Å². The predicted octanol–water partition coefficient (Wildman–Crippen LogP) is 2.67. The van der Waals surface area contributed by atoms with Gasteiger partial charge in [-0.3, -0.25) is 0 Å². The third kappa shape index (κ3) is 3.09. The topological polar surface area (TPSA) is 96.2 Å². The van der Waals surface area contributed by atoms with Crippen LogP contribution < -0.4 is 10.5 Å². The Bertz CT molecular complexity index is 1030. The average molecular weight is 356 g/mol. The molecule has 4 aromatic rings. The molecule has 126 valence electrons. The fourth-order valence-electron chi connectivity index (χ4n) is 2.21. The molecule has 0 unspecified atom stereocenters. The maximum absolute atomic E-state index is 11.9. The van der Waals surface area contributed by atoms with Gasteiger partial charge >= 0.3 is 5.76 Å². The van der Waals surface area contributed by atoms with Crippen molar-refractivity contribution in [1.82, 2.24) is 19.9 Å². The van der Waals surface area contributed by atoms with Crippen LogP contribution in [0.15, 0.2) is 55.5 Å². The summed E-state index contributed by atoms with van der Waals surface area (Å²) in [7, 11) is 1.60. The molecule has 0 aliphatic rings. The highest BCUT2D eigenvalue weighted by atomic mass is 32.1. The molecule has 0 aliphatic carbocycles. The summed E-state index contributed by atoms with van der Waals surface area (Å²) in [5.74, 6) is 1.12. The van der Waals surface area contributed by atoms with Crippen molar-refractivity contribution in [2.45, 2.75) is 6.54 Å². The quantitative estimate of drug-likeness (QED) is 0.542. The van der Waals surface area contributed by atoms with Crippen LogP contribution in [0.5, 0.6) is 5.75 Å². The maximum atomic E-state index is 11.9. The minimum atomic E-state index is -0.576. The lowest BCUT2D eigenvalue weighted by atomic mass is 10.2. The molecule has 0 bridgehead atoms. The summed E-state index contributed by atoms with van der Waals surface area (Å²) in [4.78, 5) is 17.0. The van der Waals surface area contributed by atoms with E-state index in [1.165, 1.54) is 11.3 Å². The first-order valence-electron chi connectivity index (χ1n) is 7.32. The molecule has 0 amide bonds. The summed E-state index contributed by atoms with van der Waals surface area (Å²) >= 11 is 1.44. The van der Waals surface area contributed by atoms with Gasteiger partial charge < -0.3 is 13.7 Å². The number of hydrogen-bond donors (Lipinski definition) is 0. The van der Waals surface area contributed by atoms with Gasteiger partial charge in [0.25, 0.3) is 5.89 Å². The van der Waals surface area contributed by atoms with Gasteiger partial charge in [-0.15, -0.1) is 16.4 Å². The first-order valence-corrected chi connectivity index (χ1v) is 8.20. The largest absolute Gasteiger partial charge is 0.497 e. The van der Waals surface area contributed by atoms with Crippen molar-refractivity contribution in [1.29, 1.82) is 0 Å². The van der Waals surface area contributed by atoms with E-state index < -0.39 is 5.76 Å². The average Bonchev–Trinajstić information content (AvgIpc) is 3.37. The molecular formula is C16H12N4O4S. The minimum absolute atomic E-state index is 0.0386. The van der Waals surface area contributed by atoms with Crippen LogP contribution in [0, 0.1) is 0 Å². The van der Waals surface area contributed by atoms with E-state index in [2.05, 4.69) is 15.2 Å². The van der Waals surface area contributed by atoms with E-state index in [0.717, 1.165) is 20.9 Å². The second-order valence-corrected chi connectivity index (χ2v) is 6.00. The van der Waals surface area contributed by atoms with E-state index in [4.69, 9.17) is 13.7 Å². The number of methoxy groups -OCH3 is 1. The predicted molar refractivity (Wildman–Crippen MR) is 89.5 cm³/mol. The fourth-order valence-corrected chi connectivity index (χ4v) is 2.85. The molecule has 25 heavy (non-hydrogen) atoms. The van der Waals surface area contributed by atoms with Crippen LogP contribution in [-0.2, 0) is 6.54 Å². The van der Waals surface area contributed by atoms with Crippen LogP contribution in [0.1, 0.15) is 5.89 Å². The molecule has 0 atom stereocenters. The Hall–Kier alpha value is -3.20. The molecule has 4 rings (SSSR count). The zero-order chi connectivity index (χ0) is 17.2. The molecule has 1 aromatic carbocycles. The van der Waals surface area contributed by atoms with Crippen molar-refractivity contribution in [2.24, 2.45) is 0 Å². The number of benzene rings is 1. The molecule has 9 heteroatoms. The highest BCUT2D eigenvalue weighted by Gasteiger charge is 2.15. The fraction of sp³-hybridized carbons (Fsp3) is 0.125. The summed E-state index contributed by atoms with van der Waals surface area (Å²) in [5, 5.41) is 9.96. The second-order valence-electron chi connectivity index (χ2n) is 5.05. The van der Waals surface area contributed by atoms with Gasteiger partial charge in [0.05, 0.1) is 12.0 Å². The van der Waals surface area contributed by atoms with Crippen LogP contribution in [0.2, 0.25) is 0 Å². The molecule has 8 nitrogen and oxygen atoms in total. The van der Waals surface area contributed by atoms with Crippen molar-refractivity contribution in [3.8, 4) is 27.9 Å². The molecule has 0 N–H and O–H groups in total. The van der Waals surface area contributed by atoms with E-state index in [-0.39, 0.29) is 18.3 Å². The molecular weight excluding hydrogens is 344 g/mol. The lowest BCUT2D eigenvalue weighted by Crippen LogP contribution is -2.16. The van der Waals surface area contributed by atoms with Crippen LogP contribution >= 0.6 is 11.3 Å². The molecule has 0 spiro atoms. The Morgan fingerprint density at radius 1 is 1.24 bits per heavy atom. The van der Waals surface area contributed by atoms with Crippen LogP contribution in [0.3, 0.4) is 0 Å². The highest BCUT2D eigenvalue weighted by molar-refractivity contribution is 7.13. The van der Waals surface area contributed by atoms with E-state index in [9.17, 15) is 4.79 Å². The van der Waals surface area contributed by atoms with E-state index >= 15 is 0 Å². The third-order valence-corrected chi connectivity index (χ3v) is 4.30. The van der Waals surface area contributed by atoms with Crippen LogP contribution in [0.4, 0.5) is 0 Å². The number of aromatic nitrogens is 4. The van der Waals surface area contributed by atoms with Crippen LogP contribution in [0.25, 0.3) is 22.2 Å². The summed E-state index contributed by atoms with van der Waals surface area (Å²) < 4.78 is 16.6. The molecule has 3 aromatic heterocycles. The Morgan fingerprint density at radius 2 is 2.08 bits per heavy atom. The lowest BCUT2D eigenvalue weighted by molar-refractivity contribution is 0.360. The molecule has 0 aliphatic heterocycles. The van der Waals surface area contributed by atoms with E-state index in [0.29, 0.717) is 5.82 Å². The normalized spacial score (nSPS) is 10.9. The van der Waals surface area contributed by atoms with E-state index in [1.54, 1.807) is 19.2 Å². The zero-order valence-electron chi connectivity index (χ0n) is 13.1. The lowest BCUT2D eigenvalue weighted by Gasteiger charge is -1.98. The number of thiophene rings is 1. The molecule has 0 saturated heterocycles. The zero-order valence-corrected chi connectivity index (χ0v) is 13.9. The minimum Gasteiger partial charge on any atom is -0.497 e. The highest BCUT2D eigenvalue weighted by Crippen LogP contribution is 2.22. The van der Waals surface area contributed by atoms with Gasteiger partial charge in [-0.1, -0.05) is 11.2 Å². The van der Waals surface area contributed by atoms with Crippen LogP contribution in [-0.4, -0.2) is 27.0 Å².